The number of ether oxygens (including phenoxy) is 2. The zero-order chi connectivity index (χ0) is 22.2. The molecule has 1 amide bonds. The van der Waals surface area contributed by atoms with Gasteiger partial charge in [0.05, 0.1) is 23.2 Å². The summed E-state index contributed by atoms with van der Waals surface area (Å²) < 4.78 is 14.4. The second-order valence-electron chi connectivity index (χ2n) is 7.22. The lowest BCUT2D eigenvalue weighted by Gasteiger charge is -2.25. The van der Waals surface area contributed by atoms with Crippen molar-refractivity contribution in [2.75, 3.05) is 7.11 Å². The number of esters is 1. The van der Waals surface area contributed by atoms with Crippen molar-refractivity contribution in [1.82, 2.24) is 4.57 Å². The van der Waals surface area contributed by atoms with E-state index < -0.39 is 11.9 Å². The van der Waals surface area contributed by atoms with Crippen molar-refractivity contribution >= 4 is 49.4 Å². The zero-order valence-electron chi connectivity index (χ0n) is 16.9. The van der Waals surface area contributed by atoms with Gasteiger partial charge in [0, 0.05) is 15.6 Å². The van der Waals surface area contributed by atoms with Gasteiger partial charge in [0.25, 0.3) is 5.91 Å². The first-order valence-electron chi connectivity index (χ1n) is 9.85. The molecule has 0 spiro atoms. The van der Waals surface area contributed by atoms with Gasteiger partial charge < -0.3 is 14.0 Å². The number of carbonyl (C=O) groups excluding carboxylic acids is 2. The van der Waals surface area contributed by atoms with E-state index in [2.05, 4.69) is 20.9 Å². The smallest absolute Gasteiger partial charge is 0.325 e. The molecule has 0 N–H and O–H groups in total. The average Bonchev–Trinajstić information content (AvgIpc) is 3.12. The van der Waals surface area contributed by atoms with Gasteiger partial charge in [-0.1, -0.05) is 63.7 Å². The molecule has 0 bridgehead atoms. The second kappa shape index (κ2) is 8.37. The fourth-order valence-corrected chi connectivity index (χ4v) is 5.40. The SMILES string of the molecule is COC(=O)Cn1c(=NC(=O)C2c3ccccc3Oc3ccccc32)sc2cc(Br)ccc21. The Hall–Kier alpha value is -3.23. The summed E-state index contributed by atoms with van der Waals surface area (Å²) >= 11 is 4.83. The van der Waals surface area contributed by atoms with Crippen LogP contribution in [0.4, 0.5) is 0 Å². The Morgan fingerprint density at radius 3 is 2.38 bits per heavy atom. The summed E-state index contributed by atoms with van der Waals surface area (Å²) in [6, 6.07) is 20.7. The fourth-order valence-electron chi connectivity index (χ4n) is 3.81. The molecule has 32 heavy (non-hydrogen) atoms. The normalized spacial score (nSPS) is 13.4. The number of carbonyl (C=O) groups is 2. The van der Waals surface area contributed by atoms with Crippen molar-refractivity contribution in [3.63, 3.8) is 0 Å². The average molecular weight is 509 g/mol. The van der Waals surface area contributed by atoms with Crippen LogP contribution in [-0.2, 0) is 20.9 Å². The van der Waals surface area contributed by atoms with Crippen LogP contribution in [0.25, 0.3) is 10.2 Å². The van der Waals surface area contributed by atoms with Gasteiger partial charge in [0.1, 0.15) is 18.0 Å². The summed E-state index contributed by atoms with van der Waals surface area (Å²) in [5.74, 6) is -0.0506. The van der Waals surface area contributed by atoms with Gasteiger partial charge >= 0.3 is 5.97 Å². The van der Waals surface area contributed by atoms with E-state index in [9.17, 15) is 9.59 Å². The van der Waals surface area contributed by atoms with Crippen LogP contribution >= 0.6 is 27.3 Å². The first-order chi connectivity index (χ1) is 15.5. The highest BCUT2D eigenvalue weighted by molar-refractivity contribution is 9.10. The van der Waals surface area contributed by atoms with Crippen molar-refractivity contribution in [2.45, 2.75) is 12.5 Å². The van der Waals surface area contributed by atoms with Gasteiger partial charge in [-0.15, -0.1) is 0 Å². The lowest BCUT2D eigenvalue weighted by atomic mass is 9.87. The molecule has 0 saturated carbocycles. The Bertz CT molecular complexity index is 1390. The summed E-state index contributed by atoms with van der Waals surface area (Å²) in [5.41, 5.74) is 2.34. The van der Waals surface area contributed by atoms with Gasteiger partial charge in [-0.2, -0.15) is 4.99 Å². The molecule has 8 heteroatoms. The Balaban J connectivity index is 1.67. The fraction of sp³-hybridized carbons (Fsp3) is 0.125. The molecule has 5 rings (SSSR count). The Kier molecular flexibility index (Phi) is 5.40. The lowest BCUT2D eigenvalue weighted by Crippen LogP contribution is -2.25. The number of hydrogen-bond acceptors (Lipinski definition) is 5. The molecule has 0 aliphatic carbocycles. The molecule has 1 aliphatic rings. The van der Waals surface area contributed by atoms with E-state index in [4.69, 9.17) is 9.47 Å². The molecule has 1 aromatic heterocycles. The highest BCUT2D eigenvalue weighted by atomic mass is 79.9. The molecular formula is C24H17BrN2O4S. The summed E-state index contributed by atoms with van der Waals surface area (Å²) in [4.78, 5) is 30.6. The highest BCUT2D eigenvalue weighted by Crippen LogP contribution is 2.44. The first kappa shape index (κ1) is 20.7. The summed E-state index contributed by atoms with van der Waals surface area (Å²) in [5, 5.41) is 0. The second-order valence-corrected chi connectivity index (χ2v) is 9.14. The number of aromatic nitrogens is 1. The number of hydrogen-bond donors (Lipinski definition) is 0. The van der Waals surface area contributed by atoms with Crippen LogP contribution in [-0.4, -0.2) is 23.6 Å². The summed E-state index contributed by atoms with van der Waals surface area (Å²) in [6.45, 7) is -0.0365. The third-order valence-corrected chi connectivity index (χ3v) is 6.83. The third-order valence-electron chi connectivity index (χ3n) is 5.29. The van der Waals surface area contributed by atoms with Gasteiger partial charge in [-0.05, 0) is 30.3 Å². The Morgan fingerprint density at radius 2 is 1.72 bits per heavy atom. The van der Waals surface area contributed by atoms with E-state index in [1.54, 1.807) is 4.57 Å². The molecule has 2 heterocycles. The third kappa shape index (κ3) is 3.65. The minimum atomic E-state index is -0.598. The number of para-hydroxylation sites is 2. The molecule has 1 aliphatic heterocycles. The number of fused-ring (bicyclic) bond motifs is 3. The van der Waals surface area contributed by atoms with Gasteiger partial charge in [0.2, 0.25) is 0 Å². The molecule has 4 aromatic rings. The van der Waals surface area contributed by atoms with Crippen molar-refractivity contribution in [3.8, 4) is 11.5 Å². The summed E-state index contributed by atoms with van der Waals surface area (Å²) in [6.07, 6.45) is 0. The first-order valence-corrected chi connectivity index (χ1v) is 11.5. The number of rotatable bonds is 3. The molecule has 6 nitrogen and oxygen atoms in total. The monoisotopic (exact) mass is 508 g/mol. The zero-order valence-corrected chi connectivity index (χ0v) is 19.4. The number of amides is 1. The molecule has 0 fully saturated rings. The van der Waals surface area contributed by atoms with E-state index in [-0.39, 0.29) is 12.5 Å². The predicted octanol–water partition coefficient (Wildman–Crippen LogP) is 5.00. The largest absolute Gasteiger partial charge is 0.468 e. The van der Waals surface area contributed by atoms with E-state index in [0.717, 1.165) is 25.8 Å². The number of thiazole rings is 1. The van der Waals surface area contributed by atoms with Crippen LogP contribution in [0.15, 0.2) is 76.2 Å². The molecule has 0 atom stereocenters. The number of methoxy groups -OCH3 is 1. The Labute approximate surface area is 195 Å². The van der Waals surface area contributed by atoms with Crippen LogP contribution in [0.2, 0.25) is 0 Å². The van der Waals surface area contributed by atoms with Crippen molar-refractivity contribution < 1.29 is 19.1 Å². The van der Waals surface area contributed by atoms with Gasteiger partial charge in [-0.3, -0.25) is 9.59 Å². The molecule has 160 valence electrons. The van der Waals surface area contributed by atoms with Crippen molar-refractivity contribution in [3.05, 3.63) is 87.1 Å². The highest BCUT2D eigenvalue weighted by Gasteiger charge is 2.32. The number of halogens is 1. The molecule has 3 aromatic carbocycles. The maximum atomic E-state index is 13.6. The van der Waals surface area contributed by atoms with Crippen LogP contribution in [0, 0.1) is 0 Å². The topological polar surface area (TPSA) is 69.9 Å². The van der Waals surface area contributed by atoms with Crippen LogP contribution in [0.3, 0.4) is 0 Å². The van der Waals surface area contributed by atoms with E-state index >= 15 is 0 Å². The molecule has 0 unspecified atom stereocenters. The van der Waals surface area contributed by atoms with E-state index in [1.807, 2.05) is 66.7 Å². The Morgan fingerprint density at radius 1 is 1.06 bits per heavy atom. The number of benzene rings is 3. The van der Waals surface area contributed by atoms with E-state index in [1.165, 1.54) is 18.4 Å². The minimum absolute atomic E-state index is 0.0365. The van der Waals surface area contributed by atoms with Crippen molar-refractivity contribution in [1.29, 1.82) is 0 Å². The standard InChI is InChI=1S/C24H17BrN2O4S/c1-30-21(28)13-27-17-11-10-14(25)12-20(17)32-24(27)26-23(29)22-15-6-2-4-8-18(15)31-19-9-5-3-7-16(19)22/h2-12,22H,13H2,1H3. The van der Waals surface area contributed by atoms with Crippen LogP contribution < -0.4 is 9.54 Å². The van der Waals surface area contributed by atoms with Crippen LogP contribution in [0.5, 0.6) is 11.5 Å². The number of nitrogens with zero attached hydrogens (tertiary/aromatic N) is 2. The molecular weight excluding hydrogens is 492 g/mol. The minimum Gasteiger partial charge on any atom is -0.468 e. The maximum absolute atomic E-state index is 13.6. The predicted molar refractivity (Wildman–Crippen MR) is 125 cm³/mol. The van der Waals surface area contributed by atoms with Crippen LogP contribution in [0.1, 0.15) is 17.0 Å². The maximum Gasteiger partial charge on any atom is 0.325 e. The van der Waals surface area contributed by atoms with Crippen molar-refractivity contribution in [2.24, 2.45) is 4.99 Å². The molecule has 0 saturated heterocycles. The van der Waals surface area contributed by atoms with Gasteiger partial charge in [-0.25, -0.2) is 0 Å². The summed E-state index contributed by atoms with van der Waals surface area (Å²) in [7, 11) is 1.34. The van der Waals surface area contributed by atoms with Gasteiger partial charge in [0.15, 0.2) is 4.80 Å². The lowest BCUT2D eigenvalue weighted by molar-refractivity contribution is -0.141. The molecule has 0 radical (unpaired) electrons. The quantitative estimate of drug-likeness (QED) is 0.365. The van der Waals surface area contributed by atoms with E-state index in [0.29, 0.717) is 16.3 Å².